The maximum atomic E-state index is 5.45. The monoisotopic (exact) mass is 312 g/mol. The highest BCUT2D eigenvalue weighted by molar-refractivity contribution is 9.09. The molecule has 1 atom stereocenters. The average molecular weight is 313 g/mol. The van der Waals surface area contributed by atoms with Crippen LogP contribution in [0.25, 0.3) is 0 Å². The number of unbranched alkanes of at least 4 members (excludes halogenated alkanes) is 4. The number of hydrogen-bond acceptors (Lipinski definition) is 1. The van der Waals surface area contributed by atoms with Gasteiger partial charge in [-0.3, -0.25) is 0 Å². The zero-order valence-electron chi connectivity index (χ0n) is 11.6. The Bertz CT molecular complexity index is 307. The van der Waals surface area contributed by atoms with Gasteiger partial charge in [0.25, 0.3) is 0 Å². The van der Waals surface area contributed by atoms with Crippen molar-refractivity contribution in [2.24, 2.45) is 0 Å². The van der Waals surface area contributed by atoms with Crippen LogP contribution >= 0.6 is 15.9 Å². The van der Waals surface area contributed by atoms with Crippen LogP contribution in [0.2, 0.25) is 0 Å². The van der Waals surface area contributed by atoms with Gasteiger partial charge in [0.15, 0.2) is 0 Å². The Kier molecular flexibility index (Phi) is 8.15. The summed E-state index contributed by atoms with van der Waals surface area (Å²) >= 11 is 3.78. The van der Waals surface area contributed by atoms with Crippen molar-refractivity contribution < 1.29 is 4.74 Å². The van der Waals surface area contributed by atoms with Crippen LogP contribution in [-0.4, -0.2) is 6.61 Å². The predicted octanol–water partition coefficient (Wildman–Crippen LogP) is 5.88. The van der Waals surface area contributed by atoms with Gasteiger partial charge in [-0.15, -0.1) is 0 Å². The Morgan fingerprint density at radius 3 is 2.28 bits per heavy atom. The largest absolute Gasteiger partial charge is 0.494 e. The van der Waals surface area contributed by atoms with Gasteiger partial charge >= 0.3 is 0 Å². The first-order valence-electron chi connectivity index (χ1n) is 7.14. The Morgan fingerprint density at radius 2 is 1.67 bits per heavy atom. The molecule has 1 nitrogen and oxygen atoms in total. The van der Waals surface area contributed by atoms with Crippen LogP contribution < -0.4 is 4.74 Å². The van der Waals surface area contributed by atoms with Crippen molar-refractivity contribution in [1.29, 1.82) is 0 Å². The van der Waals surface area contributed by atoms with E-state index in [1.54, 1.807) is 0 Å². The molecule has 102 valence electrons. The topological polar surface area (TPSA) is 9.23 Å². The van der Waals surface area contributed by atoms with Crippen LogP contribution in [0.3, 0.4) is 0 Å². The number of halogens is 1. The Morgan fingerprint density at radius 1 is 1.00 bits per heavy atom. The summed E-state index contributed by atoms with van der Waals surface area (Å²) in [5.41, 5.74) is 1.36. The first kappa shape index (κ1) is 15.6. The lowest BCUT2D eigenvalue weighted by Gasteiger charge is -2.11. The second-order valence-electron chi connectivity index (χ2n) is 4.67. The summed E-state index contributed by atoms with van der Waals surface area (Å²) in [5.74, 6) is 0.962. The molecule has 0 spiro atoms. The lowest BCUT2D eigenvalue weighted by Crippen LogP contribution is -1.93. The number of ether oxygens (including phenoxy) is 1. The summed E-state index contributed by atoms with van der Waals surface area (Å²) in [5, 5.41) is 0. The summed E-state index contributed by atoms with van der Waals surface area (Å²) in [4.78, 5) is 0.481. The molecule has 0 heterocycles. The first-order chi connectivity index (χ1) is 8.77. The third-order valence-corrected chi connectivity index (χ3v) is 4.10. The van der Waals surface area contributed by atoms with Gasteiger partial charge in [0.05, 0.1) is 6.61 Å². The minimum atomic E-state index is 0.481. The second kappa shape index (κ2) is 9.43. The maximum Gasteiger partial charge on any atom is 0.119 e. The molecule has 0 fully saturated rings. The molecule has 0 amide bonds. The second-order valence-corrected chi connectivity index (χ2v) is 5.78. The van der Waals surface area contributed by atoms with Gasteiger partial charge in [0.2, 0.25) is 0 Å². The fraction of sp³-hybridized carbons (Fsp3) is 0.625. The van der Waals surface area contributed by atoms with Crippen LogP contribution in [0, 0.1) is 0 Å². The quantitative estimate of drug-likeness (QED) is 0.408. The van der Waals surface area contributed by atoms with E-state index in [1.165, 1.54) is 44.1 Å². The lowest BCUT2D eigenvalue weighted by molar-refractivity contribution is 0.340. The zero-order valence-corrected chi connectivity index (χ0v) is 13.2. The van der Waals surface area contributed by atoms with Crippen molar-refractivity contribution in [3.63, 3.8) is 0 Å². The molecular formula is C16H25BrO. The molecule has 1 rings (SSSR count). The number of rotatable bonds is 9. The predicted molar refractivity (Wildman–Crippen MR) is 82.7 cm³/mol. The van der Waals surface area contributed by atoms with Crippen molar-refractivity contribution >= 4 is 15.9 Å². The third-order valence-electron chi connectivity index (χ3n) is 3.11. The van der Waals surface area contributed by atoms with E-state index in [0.29, 0.717) is 4.83 Å². The van der Waals surface area contributed by atoms with Gasteiger partial charge in [-0.2, -0.15) is 0 Å². The molecule has 1 aromatic carbocycles. The van der Waals surface area contributed by atoms with E-state index in [4.69, 9.17) is 4.74 Å². The van der Waals surface area contributed by atoms with E-state index >= 15 is 0 Å². The van der Waals surface area contributed by atoms with E-state index in [9.17, 15) is 0 Å². The Hall–Kier alpha value is -0.500. The van der Waals surface area contributed by atoms with Crippen molar-refractivity contribution in [2.75, 3.05) is 6.61 Å². The van der Waals surface area contributed by atoms with E-state index in [0.717, 1.165) is 12.4 Å². The molecule has 0 aliphatic heterocycles. The average Bonchev–Trinajstić information content (AvgIpc) is 2.39. The summed E-state index contributed by atoms with van der Waals surface area (Å²) < 4.78 is 5.45. The molecule has 1 unspecified atom stereocenters. The molecule has 0 aliphatic rings. The smallest absolute Gasteiger partial charge is 0.119 e. The van der Waals surface area contributed by atoms with Gasteiger partial charge in [-0.05, 0) is 31.0 Å². The fourth-order valence-corrected chi connectivity index (χ4v) is 2.66. The molecule has 0 radical (unpaired) electrons. The highest BCUT2D eigenvalue weighted by atomic mass is 79.9. The van der Waals surface area contributed by atoms with Crippen LogP contribution in [0.4, 0.5) is 0 Å². The highest BCUT2D eigenvalue weighted by Crippen LogP contribution is 2.29. The van der Waals surface area contributed by atoms with Crippen LogP contribution in [-0.2, 0) is 0 Å². The molecule has 18 heavy (non-hydrogen) atoms. The summed E-state index contributed by atoms with van der Waals surface area (Å²) in [6.07, 6.45) is 7.94. The molecule has 0 aliphatic carbocycles. The zero-order chi connectivity index (χ0) is 13.2. The van der Waals surface area contributed by atoms with Gasteiger partial charge in [-0.25, -0.2) is 0 Å². The summed E-state index contributed by atoms with van der Waals surface area (Å²) in [6.45, 7) is 5.00. The van der Waals surface area contributed by atoms with E-state index in [1.807, 2.05) is 6.92 Å². The van der Waals surface area contributed by atoms with Gasteiger partial charge in [-0.1, -0.05) is 67.1 Å². The minimum Gasteiger partial charge on any atom is -0.494 e. The lowest BCUT2D eigenvalue weighted by atomic mass is 10.0. The Balaban J connectivity index is 2.30. The van der Waals surface area contributed by atoms with Gasteiger partial charge in [0.1, 0.15) is 5.75 Å². The van der Waals surface area contributed by atoms with Crippen molar-refractivity contribution in [2.45, 2.75) is 57.2 Å². The van der Waals surface area contributed by atoms with Crippen molar-refractivity contribution in [1.82, 2.24) is 0 Å². The van der Waals surface area contributed by atoms with Crippen molar-refractivity contribution in [3.05, 3.63) is 29.8 Å². The standard InChI is InChI=1S/C16H25BrO/c1-3-5-6-7-8-9-16(17)14-10-12-15(13-11-14)18-4-2/h10-13,16H,3-9H2,1-2H3. The number of alkyl halides is 1. The SMILES string of the molecule is CCCCCCCC(Br)c1ccc(OCC)cc1. The third kappa shape index (κ3) is 5.90. The Labute approximate surface area is 120 Å². The molecule has 2 heteroatoms. The molecule has 0 saturated heterocycles. The van der Waals surface area contributed by atoms with Crippen molar-refractivity contribution in [3.8, 4) is 5.75 Å². The molecule has 1 aromatic rings. The van der Waals surface area contributed by atoms with Gasteiger partial charge in [0, 0.05) is 4.83 Å². The number of benzene rings is 1. The van der Waals surface area contributed by atoms with Crippen LogP contribution in [0.1, 0.15) is 62.8 Å². The highest BCUT2D eigenvalue weighted by Gasteiger charge is 2.07. The van der Waals surface area contributed by atoms with E-state index < -0.39 is 0 Å². The maximum absolute atomic E-state index is 5.45. The molecule has 0 aromatic heterocycles. The van der Waals surface area contributed by atoms with Crippen LogP contribution in [0.5, 0.6) is 5.75 Å². The fourth-order valence-electron chi connectivity index (χ4n) is 2.03. The summed E-state index contributed by atoms with van der Waals surface area (Å²) in [7, 11) is 0. The van der Waals surface area contributed by atoms with E-state index in [-0.39, 0.29) is 0 Å². The van der Waals surface area contributed by atoms with Gasteiger partial charge < -0.3 is 4.74 Å². The normalized spacial score (nSPS) is 12.4. The van der Waals surface area contributed by atoms with Crippen LogP contribution in [0.15, 0.2) is 24.3 Å². The van der Waals surface area contributed by atoms with E-state index in [2.05, 4.69) is 47.1 Å². The molecular weight excluding hydrogens is 288 g/mol. The molecule has 0 N–H and O–H groups in total. The molecule has 0 saturated carbocycles. The molecule has 0 bridgehead atoms. The first-order valence-corrected chi connectivity index (χ1v) is 8.06. The minimum absolute atomic E-state index is 0.481. The summed E-state index contributed by atoms with van der Waals surface area (Å²) in [6, 6.07) is 8.45. The number of hydrogen-bond donors (Lipinski definition) is 0.